The van der Waals surface area contributed by atoms with Crippen LogP contribution in [0.1, 0.15) is 54.9 Å². The van der Waals surface area contributed by atoms with Gasteiger partial charge in [0.2, 0.25) is 5.91 Å². The van der Waals surface area contributed by atoms with Gasteiger partial charge in [-0.1, -0.05) is 43.8 Å². The number of benzene rings is 2. The number of carbonyl (C=O) groups is 2. The lowest BCUT2D eigenvalue weighted by atomic mass is 9.94. The Balaban J connectivity index is 1.44. The Morgan fingerprint density at radius 1 is 1.03 bits per heavy atom. The van der Waals surface area contributed by atoms with E-state index in [9.17, 15) is 14.0 Å². The van der Waals surface area contributed by atoms with Gasteiger partial charge in [0.25, 0.3) is 5.91 Å². The van der Waals surface area contributed by atoms with E-state index in [1.807, 2.05) is 23.1 Å². The number of para-hydroxylation sites is 1. The predicted octanol–water partition coefficient (Wildman–Crippen LogP) is 5.45. The highest BCUT2D eigenvalue weighted by molar-refractivity contribution is 8.13. The second-order valence-electron chi connectivity index (χ2n) is 8.87. The van der Waals surface area contributed by atoms with Gasteiger partial charge in [-0.3, -0.25) is 14.5 Å². The number of nitrogens with zero attached hydrogens (tertiary/aromatic N) is 3. The minimum absolute atomic E-state index is 0.108. The van der Waals surface area contributed by atoms with Crippen molar-refractivity contribution in [2.45, 2.75) is 39.0 Å². The van der Waals surface area contributed by atoms with Gasteiger partial charge in [0.05, 0.1) is 5.69 Å². The number of piperidine rings is 1. The first kappa shape index (κ1) is 23.5. The van der Waals surface area contributed by atoms with Crippen molar-refractivity contribution in [2.75, 3.05) is 25.4 Å². The van der Waals surface area contributed by atoms with E-state index in [0.717, 1.165) is 23.0 Å². The highest BCUT2D eigenvalue weighted by Crippen LogP contribution is 2.31. The quantitative estimate of drug-likeness (QED) is 0.600. The molecule has 4 rings (SSSR count). The molecule has 0 radical (unpaired) electrons. The van der Waals surface area contributed by atoms with Crippen molar-refractivity contribution in [1.82, 2.24) is 9.80 Å². The Labute approximate surface area is 199 Å². The summed E-state index contributed by atoms with van der Waals surface area (Å²) in [7, 11) is 0. The predicted molar refractivity (Wildman–Crippen MR) is 131 cm³/mol. The number of hydrogen-bond acceptors (Lipinski definition) is 4. The van der Waals surface area contributed by atoms with Gasteiger partial charge in [-0.15, -0.1) is 0 Å². The molecule has 0 aliphatic carbocycles. The van der Waals surface area contributed by atoms with Crippen molar-refractivity contribution in [3.05, 3.63) is 65.5 Å². The summed E-state index contributed by atoms with van der Waals surface area (Å²) in [5.41, 5.74) is 2.58. The van der Waals surface area contributed by atoms with Crippen molar-refractivity contribution in [1.29, 1.82) is 0 Å². The number of hydrogen-bond donors (Lipinski definition) is 0. The van der Waals surface area contributed by atoms with Gasteiger partial charge in [0.1, 0.15) is 5.82 Å². The lowest BCUT2D eigenvalue weighted by Gasteiger charge is -2.35. The van der Waals surface area contributed by atoms with Crippen molar-refractivity contribution >= 4 is 34.4 Å². The topological polar surface area (TPSA) is 53.0 Å². The Morgan fingerprint density at radius 2 is 1.73 bits per heavy atom. The highest BCUT2D eigenvalue weighted by Gasteiger charge is 2.33. The molecule has 0 bridgehead atoms. The van der Waals surface area contributed by atoms with E-state index < -0.39 is 0 Å². The molecular weight excluding hydrogens is 437 g/mol. The molecule has 0 atom stereocenters. The number of halogens is 1. The van der Waals surface area contributed by atoms with E-state index in [2.05, 4.69) is 19.9 Å². The summed E-state index contributed by atoms with van der Waals surface area (Å²) in [6, 6.07) is 13.7. The summed E-state index contributed by atoms with van der Waals surface area (Å²) in [5.74, 6) is 0.831. The third-order valence-corrected chi connectivity index (χ3v) is 7.31. The molecule has 2 saturated heterocycles. The Morgan fingerprint density at radius 3 is 2.42 bits per heavy atom. The maximum Gasteiger partial charge on any atom is 0.253 e. The molecule has 7 heteroatoms. The smallest absolute Gasteiger partial charge is 0.253 e. The summed E-state index contributed by atoms with van der Waals surface area (Å²) in [6.07, 6.45) is 2.20. The maximum absolute atomic E-state index is 13.4. The fraction of sp³-hybridized carbons (Fsp3) is 0.423. The van der Waals surface area contributed by atoms with Crippen LogP contribution in [-0.2, 0) is 4.79 Å². The normalized spacial score (nSPS) is 18.7. The SMILES string of the molecule is CC(C)c1ccccc1N=C1SCCCN1C(=O)C1CCN(C(=O)c2ccc(F)cc2)CC1. The van der Waals surface area contributed by atoms with E-state index in [4.69, 9.17) is 4.99 Å². The molecule has 2 fully saturated rings. The zero-order chi connectivity index (χ0) is 23.4. The summed E-state index contributed by atoms with van der Waals surface area (Å²) in [6.45, 7) is 6.03. The zero-order valence-corrected chi connectivity index (χ0v) is 20.0. The molecule has 0 spiro atoms. The van der Waals surface area contributed by atoms with Gasteiger partial charge in [-0.2, -0.15) is 0 Å². The number of amides is 2. The van der Waals surface area contributed by atoms with E-state index in [1.54, 1.807) is 16.7 Å². The molecule has 5 nitrogen and oxygen atoms in total. The number of aliphatic imine (C=N–C) groups is 1. The van der Waals surface area contributed by atoms with Crippen LogP contribution < -0.4 is 0 Å². The largest absolute Gasteiger partial charge is 0.339 e. The van der Waals surface area contributed by atoms with Crippen LogP contribution in [0.4, 0.5) is 10.1 Å². The molecule has 2 aromatic carbocycles. The van der Waals surface area contributed by atoms with Crippen LogP contribution in [0.3, 0.4) is 0 Å². The van der Waals surface area contributed by atoms with E-state index in [1.165, 1.54) is 29.8 Å². The van der Waals surface area contributed by atoms with Crippen LogP contribution in [0.2, 0.25) is 0 Å². The van der Waals surface area contributed by atoms with Gasteiger partial charge in [-0.05, 0) is 61.1 Å². The third-order valence-electron chi connectivity index (χ3n) is 6.25. The van der Waals surface area contributed by atoms with Crippen molar-refractivity contribution in [3.63, 3.8) is 0 Å². The summed E-state index contributed by atoms with van der Waals surface area (Å²) >= 11 is 1.64. The second-order valence-corrected chi connectivity index (χ2v) is 9.94. The number of rotatable bonds is 4. The first-order chi connectivity index (χ1) is 15.9. The van der Waals surface area contributed by atoms with E-state index in [0.29, 0.717) is 44.0 Å². The Kier molecular flexibility index (Phi) is 7.48. The summed E-state index contributed by atoms with van der Waals surface area (Å²) in [5, 5.41) is 0.782. The molecule has 2 aliphatic heterocycles. The average Bonchev–Trinajstić information content (AvgIpc) is 2.84. The number of amidine groups is 1. The van der Waals surface area contributed by atoms with Crippen LogP contribution in [0.15, 0.2) is 53.5 Å². The van der Waals surface area contributed by atoms with Crippen molar-refractivity contribution in [3.8, 4) is 0 Å². The van der Waals surface area contributed by atoms with Gasteiger partial charge >= 0.3 is 0 Å². The second kappa shape index (κ2) is 10.5. The molecule has 0 N–H and O–H groups in total. The van der Waals surface area contributed by atoms with Crippen LogP contribution in [0, 0.1) is 11.7 Å². The van der Waals surface area contributed by atoms with Crippen molar-refractivity contribution < 1.29 is 14.0 Å². The zero-order valence-electron chi connectivity index (χ0n) is 19.2. The Bertz CT molecular complexity index is 1030. The van der Waals surface area contributed by atoms with Gasteiger partial charge in [0.15, 0.2) is 5.17 Å². The molecule has 2 heterocycles. The van der Waals surface area contributed by atoms with Gasteiger partial charge in [-0.25, -0.2) is 9.38 Å². The molecule has 0 saturated carbocycles. The average molecular weight is 468 g/mol. The molecular formula is C26H30FN3O2S. The first-order valence-corrected chi connectivity index (χ1v) is 12.6. The van der Waals surface area contributed by atoms with Crippen LogP contribution in [0.5, 0.6) is 0 Å². The minimum Gasteiger partial charge on any atom is -0.339 e. The highest BCUT2D eigenvalue weighted by atomic mass is 32.2. The number of carbonyl (C=O) groups excluding carboxylic acids is 2. The lowest BCUT2D eigenvalue weighted by molar-refractivity contribution is -0.132. The monoisotopic (exact) mass is 467 g/mol. The fourth-order valence-corrected chi connectivity index (χ4v) is 5.32. The Hall–Kier alpha value is -2.67. The standard InChI is InChI=1S/C26H30FN3O2S/c1-18(2)22-6-3-4-7-23(22)28-26-30(14-5-17-33-26)25(32)20-12-15-29(16-13-20)24(31)19-8-10-21(27)11-9-19/h3-4,6-11,18,20H,5,12-17H2,1-2H3. The van der Waals surface area contributed by atoms with Crippen LogP contribution >= 0.6 is 11.8 Å². The fourth-order valence-electron chi connectivity index (χ4n) is 4.36. The molecule has 0 aromatic heterocycles. The summed E-state index contributed by atoms with van der Waals surface area (Å²) < 4.78 is 13.2. The van der Waals surface area contributed by atoms with Gasteiger partial charge < -0.3 is 4.90 Å². The molecule has 2 aromatic rings. The van der Waals surface area contributed by atoms with Crippen LogP contribution in [0.25, 0.3) is 0 Å². The summed E-state index contributed by atoms with van der Waals surface area (Å²) in [4.78, 5) is 34.7. The molecule has 2 aliphatic rings. The van der Waals surface area contributed by atoms with Gasteiger partial charge in [0, 0.05) is 36.9 Å². The van der Waals surface area contributed by atoms with Crippen molar-refractivity contribution in [2.24, 2.45) is 10.9 Å². The molecule has 2 amide bonds. The maximum atomic E-state index is 13.4. The minimum atomic E-state index is -0.358. The van der Waals surface area contributed by atoms with Crippen LogP contribution in [-0.4, -0.2) is 52.2 Å². The number of likely N-dealkylation sites (tertiary alicyclic amines) is 1. The van der Waals surface area contributed by atoms with E-state index >= 15 is 0 Å². The lowest BCUT2D eigenvalue weighted by Crippen LogP contribution is -2.47. The first-order valence-electron chi connectivity index (χ1n) is 11.6. The number of thioether (sulfide) groups is 1. The third kappa shape index (κ3) is 5.46. The molecule has 174 valence electrons. The van der Waals surface area contributed by atoms with E-state index in [-0.39, 0.29) is 23.5 Å². The molecule has 0 unspecified atom stereocenters. The molecule has 33 heavy (non-hydrogen) atoms.